The molecule has 2 fully saturated rings. The number of nitrogens with zero attached hydrogens (tertiary/aromatic N) is 4. The number of non-ortho nitro benzene ring substituents is 1. The van der Waals surface area contributed by atoms with E-state index in [0.29, 0.717) is 41.6 Å². The number of fused-ring (bicyclic) bond motifs is 1. The first kappa shape index (κ1) is 63.3. The Morgan fingerprint density at radius 1 is 0.512 bits per heavy atom. The second kappa shape index (κ2) is 31.4. The van der Waals surface area contributed by atoms with Crippen LogP contribution in [0.2, 0.25) is 0 Å². The van der Waals surface area contributed by atoms with Gasteiger partial charge in [0.1, 0.15) is 17.0 Å². The van der Waals surface area contributed by atoms with Crippen LogP contribution in [0.3, 0.4) is 0 Å². The number of hydrogen-bond acceptors (Lipinski definition) is 26. The van der Waals surface area contributed by atoms with Gasteiger partial charge in [0.05, 0.1) is 45.6 Å². The summed E-state index contributed by atoms with van der Waals surface area (Å²) >= 11 is 1.13. The Morgan fingerprint density at radius 3 is 1.35 bits per heavy atom. The number of azo groups is 1. The van der Waals surface area contributed by atoms with Crippen LogP contribution < -0.4 is 33.2 Å². The summed E-state index contributed by atoms with van der Waals surface area (Å²) < 4.78 is 65.1. The summed E-state index contributed by atoms with van der Waals surface area (Å²) in [5.41, 5.74) is 1.13. The van der Waals surface area contributed by atoms with Crippen molar-refractivity contribution in [2.45, 2.75) is 57.8 Å². The SMILES string of the molecule is C=CC(=O)OCOc1ccc(OC(=O)C2CCC(C(=O)OCCc3ccc(OC(=O)C4CCC(C(=O)Oc5ccc(OCOC(=O)C=C)c(OCOC(=O)C=C)c5)CC4)c4nc(/N=N/c5ccc([N+](=O)[O-])cc5)sc34)CC2)cc1OCOC(=O)C=C. The second-order valence-corrected chi connectivity index (χ2v) is 19.6. The molecule has 0 aliphatic heterocycles. The van der Waals surface area contributed by atoms with E-state index >= 15 is 0 Å². The maximum atomic E-state index is 13.8. The van der Waals surface area contributed by atoms with E-state index < -0.39 is 104 Å². The van der Waals surface area contributed by atoms with Crippen LogP contribution in [-0.2, 0) is 68.5 Å². The van der Waals surface area contributed by atoms with Gasteiger partial charge in [0.2, 0.25) is 32.3 Å². The average molecular weight is 1210 g/mol. The van der Waals surface area contributed by atoms with Crippen LogP contribution in [0.15, 0.2) is 134 Å². The number of ether oxygens (including phenoxy) is 12. The van der Waals surface area contributed by atoms with E-state index in [4.69, 9.17) is 56.8 Å². The Bertz CT molecular complexity index is 3400. The Labute approximate surface area is 494 Å². The Morgan fingerprint density at radius 2 is 0.919 bits per heavy atom. The number of carbonyl (C=O) groups excluding carboxylic acids is 8. The molecule has 0 bridgehead atoms. The van der Waals surface area contributed by atoms with Gasteiger partial charge in [-0.3, -0.25) is 29.3 Å². The fraction of sp³-hybridized carbons (Fsp3) is 0.305. The number of carbonyl (C=O) groups is 8. The summed E-state index contributed by atoms with van der Waals surface area (Å²) in [7, 11) is 0. The Balaban J connectivity index is 0.946. The van der Waals surface area contributed by atoms with Crippen LogP contribution in [0.25, 0.3) is 10.2 Å². The standard InChI is InChI=1S/C59H56N4O22S/c1-5-49(64)79-31-75-44-25-22-42(29-47(44)77-33-81-51(66)7-3)83-56(69)37-11-9-36(10-12-37)55(68)74-28-27-35-17-24-46(53-54(35)86-59(60-53)62-61-40-18-20-41(21-19-40)63(72)73)85-58(71)39-15-13-38(14-16-39)57(70)84-43-23-26-45(76-32-80-50(65)6-2)48(30-43)78-34-82-52(67)8-4/h5-8,17-26,29-30,36-39H,1-4,9-16,27-28,31-34H2/b62-61+. The predicted octanol–water partition coefficient (Wildman–Crippen LogP) is 9.70. The van der Waals surface area contributed by atoms with Crippen molar-refractivity contribution in [1.29, 1.82) is 0 Å². The monoisotopic (exact) mass is 1200 g/mol. The smallest absolute Gasteiger partial charge is 0.333 e. The molecule has 1 aromatic heterocycles. The van der Waals surface area contributed by atoms with Gasteiger partial charge in [0.15, 0.2) is 28.7 Å². The van der Waals surface area contributed by atoms with E-state index in [2.05, 4.69) is 41.5 Å². The molecule has 2 aliphatic rings. The topological polar surface area (TPSA) is 328 Å². The highest BCUT2D eigenvalue weighted by molar-refractivity contribution is 7.22. The summed E-state index contributed by atoms with van der Waals surface area (Å²) in [5, 5.41) is 19.8. The number of nitro benzene ring substituents is 1. The fourth-order valence-electron chi connectivity index (χ4n) is 8.60. The lowest BCUT2D eigenvalue weighted by molar-refractivity contribution is -0.384. The summed E-state index contributed by atoms with van der Waals surface area (Å²) in [5.74, 6) is -6.93. The summed E-state index contributed by atoms with van der Waals surface area (Å²) in [6.45, 7) is 11.1. The lowest BCUT2D eigenvalue weighted by Crippen LogP contribution is -2.30. The summed E-state index contributed by atoms with van der Waals surface area (Å²) in [6, 6.07) is 17.0. The first-order valence-electron chi connectivity index (χ1n) is 26.4. The molecule has 0 radical (unpaired) electrons. The highest BCUT2D eigenvalue weighted by Gasteiger charge is 2.34. The third kappa shape index (κ3) is 18.3. The van der Waals surface area contributed by atoms with Gasteiger partial charge >= 0.3 is 47.8 Å². The second-order valence-electron chi connectivity index (χ2n) is 18.6. The largest absolute Gasteiger partial charge is 0.465 e. The molecule has 0 saturated heterocycles. The van der Waals surface area contributed by atoms with E-state index in [1.54, 1.807) is 12.1 Å². The highest BCUT2D eigenvalue weighted by atomic mass is 32.1. The van der Waals surface area contributed by atoms with Gasteiger partial charge in [-0.2, -0.15) is 0 Å². The molecule has 0 N–H and O–H groups in total. The molecule has 26 nitrogen and oxygen atoms in total. The van der Waals surface area contributed by atoms with Crippen LogP contribution in [-0.4, -0.2) is 91.4 Å². The number of aromatic nitrogens is 1. The normalized spacial score (nSPS) is 16.2. The minimum absolute atomic E-state index is 0.00373. The zero-order valence-corrected chi connectivity index (χ0v) is 46.8. The minimum atomic E-state index is -0.757. The van der Waals surface area contributed by atoms with Crippen LogP contribution >= 0.6 is 11.3 Å². The van der Waals surface area contributed by atoms with Gasteiger partial charge in [-0.05, 0) is 99.4 Å². The minimum Gasteiger partial charge on any atom is -0.465 e. The molecule has 4 aromatic carbocycles. The maximum Gasteiger partial charge on any atom is 0.333 e. The molecule has 2 aliphatic carbocycles. The van der Waals surface area contributed by atoms with Gasteiger partial charge < -0.3 is 56.8 Å². The van der Waals surface area contributed by atoms with Crippen molar-refractivity contribution in [3.05, 3.63) is 139 Å². The molecule has 0 atom stereocenters. The molecule has 0 amide bonds. The molecular formula is C59H56N4O22S. The van der Waals surface area contributed by atoms with Gasteiger partial charge in [0.25, 0.3) is 5.69 Å². The van der Waals surface area contributed by atoms with Crippen molar-refractivity contribution in [1.82, 2.24) is 4.98 Å². The third-order valence-electron chi connectivity index (χ3n) is 13.1. The van der Waals surface area contributed by atoms with E-state index in [1.807, 2.05) is 0 Å². The van der Waals surface area contributed by atoms with Crippen molar-refractivity contribution in [3.8, 4) is 40.2 Å². The molecule has 5 aromatic rings. The van der Waals surface area contributed by atoms with E-state index in [-0.39, 0.29) is 95.3 Å². The number of hydrogen-bond donors (Lipinski definition) is 0. The van der Waals surface area contributed by atoms with Crippen molar-refractivity contribution < 1.29 is 100 Å². The fourth-order valence-corrected chi connectivity index (χ4v) is 9.54. The first-order chi connectivity index (χ1) is 41.5. The molecule has 86 heavy (non-hydrogen) atoms. The molecule has 0 unspecified atom stereocenters. The zero-order valence-electron chi connectivity index (χ0n) is 46.0. The van der Waals surface area contributed by atoms with E-state index in [1.165, 1.54) is 60.7 Å². The van der Waals surface area contributed by atoms with Gasteiger partial charge in [-0.1, -0.05) is 43.7 Å². The number of nitro groups is 1. The van der Waals surface area contributed by atoms with Crippen molar-refractivity contribution >= 4 is 85.8 Å². The van der Waals surface area contributed by atoms with Crippen LogP contribution in [0.1, 0.15) is 56.9 Å². The summed E-state index contributed by atoms with van der Waals surface area (Å²) in [6.07, 6.45) is 6.46. The lowest BCUT2D eigenvalue weighted by atomic mass is 9.82. The molecule has 0 spiro atoms. The molecular weight excluding hydrogens is 1150 g/mol. The number of benzene rings is 4. The number of thiazole rings is 1. The van der Waals surface area contributed by atoms with Crippen molar-refractivity contribution in [2.75, 3.05) is 33.8 Å². The Kier molecular flexibility index (Phi) is 23.1. The third-order valence-corrected chi connectivity index (χ3v) is 14.1. The number of rotatable bonds is 29. The molecule has 450 valence electrons. The first-order valence-corrected chi connectivity index (χ1v) is 27.2. The van der Waals surface area contributed by atoms with Crippen molar-refractivity contribution in [2.24, 2.45) is 33.9 Å². The molecule has 27 heteroatoms. The van der Waals surface area contributed by atoms with E-state index in [0.717, 1.165) is 35.6 Å². The van der Waals surface area contributed by atoms with Gasteiger partial charge in [-0.25, -0.2) is 24.2 Å². The van der Waals surface area contributed by atoms with Gasteiger partial charge in [0, 0.05) is 55.0 Å². The maximum absolute atomic E-state index is 13.8. The van der Waals surface area contributed by atoms with Crippen LogP contribution in [0.5, 0.6) is 40.2 Å². The van der Waals surface area contributed by atoms with Crippen LogP contribution in [0, 0.1) is 33.8 Å². The van der Waals surface area contributed by atoms with Gasteiger partial charge in [-0.15, -0.1) is 10.2 Å². The molecule has 1 heterocycles. The molecule has 7 rings (SSSR count). The predicted molar refractivity (Wildman–Crippen MR) is 299 cm³/mol. The quantitative estimate of drug-likeness (QED) is 0.00628. The van der Waals surface area contributed by atoms with E-state index in [9.17, 15) is 48.5 Å². The highest BCUT2D eigenvalue weighted by Crippen LogP contribution is 2.40. The summed E-state index contributed by atoms with van der Waals surface area (Å²) in [4.78, 5) is 115. The molecule has 2 saturated carbocycles. The van der Waals surface area contributed by atoms with Crippen LogP contribution in [0.4, 0.5) is 16.5 Å². The van der Waals surface area contributed by atoms with Crippen molar-refractivity contribution in [3.63, 3.8) is 0 Å². The Hall–Kier alpha value is -10.3. The average Bonchev–Trinajstić information content (AvgIpc) is 3.90. The zero-order chi connectivity index (χ0) is 61.5. The number of esters is 8. The lowest BCUT2D eigenvalue weighted by Gasteiger charge is -2.26.